The van der Waals surface area contributed by atoms with Gasteiger partial charge in [-0.1, -0.05) is 32.9 Å². The monoisotopic (exact) mass is 265 g/mol. The fourth-order valence-corrected chi connectivity index (χ4v) is 1.92. The molecule has 0 aromatic heterocycles. The second-order valence-corrected chi connectivity index (χ2v) is 5.76. The molecule has 0 bridgehead atoms. The lowest BCUT2D eigenvalue weighted by Crippen LogP contribution is -2.42. The van der Waals surface area contributed by atoms with Crippen LogP contribution in [-0.2, 0) is 0 Å². The van der Waals surface area contributed by atoms with Crippen LogP contribution in [0.25, 0.3) is 0 Å². The van der Waals surface area contributed by atoms with Crippen LogP contribution in [0.1, 0.15) is 44.7 Å². The summed E-state index contributed by atoms with van der Waals surface area (Å²) in [6, 6.07) is 6.24. The molecule has 1 rings (SSSR count). The van der Waals surface area contributed by atoms with Gasteiger partial charge in [0.2, 0.25) is 0 Å². The molecule has 0 saturated heterocycles. The van der Waals surface area contributed by atoms with E-state index >= 15 is 0 Å². The highest BCUT2D eigenvalue weighted by Gasteiger charge is 2.21. The first-order chi connectivity index (χ1) is 8.85. The minimum atomic E-state index is -0.853. The summed E-state index contributed by atoms with van der Waals surface area (Å²) in [7, 11) is 0. The third kappa shape index (κ3) is 5.21. The average molecular weight is 265 g/mol. The molecule has 108 valence electrons. The van der Waals surface area contributed by atoms with Gasteiger partial charge in [-0.3, -0.25) is 0 Å². The number of hydrogen-bond acceptors (Lipinski definition) is 3. The summed E-state index contributed by atoms with van der Waals surface area (Å²) in [6.45, 7) is 11.8. The van der Waals surface area contributed by atoms with Gasteiger partial charge in [0, 0.05) is 6.54 Å². The zero-order valence-electron chi connectivity index (χ0n) is 12.8. The number of aliphatic hydroxyl groups is 1. The first-order valence-corrected chi connectivity index (χ1v) is 7.02. The number of aryl methyl sites for hydroxylation is 1. The van der Waals surface area contributed by atoms with Crippen LogP contribution in [0.2, 0.25) is 0 Å². The summed E-state index contributed by atoms with van der Waals surface area (Å²) < 4.78 is 5.85. The predicted molar refractivity (Wildman–Crippen MR) is 79.9 cm³/mol. The minimum absolute atomic E-state index is 0.295. The highest BCUT2D eigenvalue weighted by molar-refractivity contribution is 5.39. The van der Waals surface area contributed by atoms with Crippen LogP contribution < -0.4 is 10.1 Å². The van der Waals surface area contributed by atoms with Crippen LogP contribution in [0.15, 0.2) is 18.2 Å². The molecule has 0 saturated carbocycles. The molecule has 0 amide bonds. The lowest BCUT2D eigenvalue weighted by molar-refractivity contribution is 0.0123. The van der Waals surface area contributed by atoms with Crippen molar-refractivity contribution in [1.29, 1.82) is 0 Å². The minimum Gasteiger partial charge on any atom is -0.490 e. The maximum Gasteiger partial charge on any atom is 0.123 e. The van der Waals surface area contributed by atoms with Crippen molar-refractivity contribution in [3.8, 4) is 5.75 Å². The molecular formula is C16H27NO2. The van der Waals surface area contributed by atoms with Gasteiger partial charge in [0.15, 0.2) is 0 Å². The first-order valence-electron chi connectivity index (χ1n) is 7.02. The molecule has 2 N–H and O–H groups in total. The van der Waals surface area contributed by atoms with Gasteiger partial charge in [0.25, 0.3) is 0 Å². The Labute approximate surface area is 117 Å². The molecule has 1 aromatic carbocycles. The molecule has 0 fully saturated rings. The van der Waals surface area contributed by atoms with Crippen molar-refractivity contribution < 1.29 is 9.84 Å². The van der Waals surface area contributed by atoms with Crippen molar-refractivity contribution in [2.75, 3.05) is 19.7 Å². The summed E-state index contributed by atoms with van der Waals surface area (Å²) in [5.41, 5.74) is 1.50. The molecule has 3 heteroatoms. The van der Waals surface area contributed by atoms with E-state index in [2.05, 4.69) is 31.3 Å². The van der Waals surface area contributed by atoms with Gasteiger partial charge < -0.3 is 15.2 Å². The SMILES string of the molecule is CCNCC(C)(O)COc1cc(C)ccc1C(C)C. The van der Waals surface area contributed by atoms with E-state index in [9.17, 15) is 5.11 Å². The van der Waals surface area contributed by atoms with E-state index in [4.69, 9.17) is 4.74 Å². The van der Waals surface area contributed by atoms with Gasteiger partial charge in [-0.15, -0.1) is 0 Å². The molecule has 0 aliphatic carbocycles. The van der Waals surface area contributed by atoms with Crippen LogP contribution in [0.5, 0.6) is 5.75 Å². The molecule has 1 atom stereocenters. The van der Waals surface area contributed by atoms with Gasteiger partial charge in [-0.05, 0) is 43.5 Å². The molecule has 19 heavy (non-hydrogen) atoms. The molecule has 0 spiro atoms. The Morgan fingerprint density at radius 1 is 1.37 bits per heavy atom. The van der Waals surface area contributed by atoms with E-state index < -0.39 is 5.60 Å². The summed E-state index contributed by atoms with van der Waals surface area (Å²) in [5.74, 6) is 1.29. The van der Waals surface area contributed by atoms with E-state index in [0.717, 1.165) is 12.3 Å². The fraction of sp³-hybridized carbons (Fsp3) is 0.625. The standard InChI is InChI=1S/C16H27NO2/c1-6-17-10-16(5,18)11-19-15-9-13(4)7-8-14(15)12(2)3/h7-9,12,17-18H,6,10-11H2,1-5H3. The quantitative estimate of drug-likeness (QED) is 0.796. The zero-order chi connectivity index (χ0) is 14.5. The Kier molecular flexibility index (Phi) is 5.83. The Bertz CT molecular complexity index is 400. The largest absolute Gasteiger partial charge is 0.490 e. The molecule has 0 radical (unpaired) electrons. The van der Waals surface area contributed by atoms with Gasteiger partial charge >= 0.3 is 0 Å². The molecular weight excluding hydrogens is 238 g/mol. The van der Waals surface area contributed by atoms with Crippen LogP contribution in [0.3, 0.4) is 0 Å². The lowest BCUT2D eigenvalue weighted by Gasteiger charge is -2.25. The molecule has 0 aliphatic rings. The second kappa shape index (κ2) is 6.92. The van der Waals surface area contributed by atoms with E-state index in [-0.39, 0.29) is 0 Å². The Morgan fingerprint density at radius 2 is 2.05 bits per heavy atom. The van der Waals surface area contributed by atoms with Crippen molar-refractivity contribution in [2.45, 2.75) is 46.1 Å². The average Bonchev–Trinajstić information content (AvgIpc) is 2.34. The van der Waals surface area contributed by atoms with E-state index in [0.29, 0.717) is 19.1 Å². The van der Waals surface area contributed by atoms with Crippen LogP contribution in [-0.4, -0.2) is 30.4 Å². The maximum atomic E-state index is 10.2. The van der Waals surface area contributed by atoms with Crippen molar-refractivity contribution in [3.05, 3.63) is 29.3 Å². The fourth-order valence-electron chi connectivity index (χ4n) is 1.92. The van der Waals surface area contributed by atoms with Gasteiger partial charge in [-0.25, -0.2) is 0 Å². The molecule has 3 nitrogen and oxygen atoms in total. The van der Waals surface area contributed by atoms with Crippen molar-refractivity contribution >= 4 is 0 Å². The van der Waals surface area contributed by atoms with Crippen LogP contribution in [0, 0.1) is 6.92 Å². The highest BCUT2D eigenvalue weighted by Crippen LogP contribution is 2.28. The Hall–Kier alpha value is -1.06. The first kappa shape index (κ1) is 16.0. The molecule has 1 aromatic rings. The lowest BCUT2D eigenvalue weighted by atomic mass is 10.0. The number of likely N-dealkylation sites (N-methyl/N-ethyl adjacent to an activating group) is 1. The summed E-state index contributed by atoms with van der Waals surface area (Å²) in [6.07, 6.45) is 0. The number of nitrogens with one attached hydrogen (secondary N) is 1. The molecule has 0 heterocycles. The Morgan fingerprint density at radius 3 is 2.63 bits per heavy atom. The normalized spacial score (nSPS) is 14.5. The maximum absolute atomic E-state index is 10.2. The van der Waals surface area contributed by atoms with Crippen LogP contribution >= 0.6 is 0 Å². The van der Waals surface area contributed by atoms with Crippen molar-refractivity contribution in [1.82, 2.24) is 5.32 Å². The van der Waals surface area contributed by atoms with Gasteiger partial charge in [0.1, 0.15) is 18.0 Å². The number of hydrogen-bond donors (Lipinski definition) is 2. The number of ether oxygens (including phenoxy) is 1. The highest BCUT2D eigenvalue weighted by atomic mass is 16.5. The van der Waals surface area contributed by atoms with E-state index in [1.165, 1.54) is 11.1 Å². The number of rotatable bonds is 7. The smallest absolute Gasteiger partial charge is 0.123 e. The third-order valence-electron chi connectivity index (χ3n) is 3.09. The topological polar surface area (TPSA) is 41.5 Å². The predicted octanol–water partition coefficient (Wildman–Crippen LogP) is 2.86. The van der Waals surface area contributed by atoms with E-state index in [1.54, 1.807) is 6.92 Å². The van der Waals surface area contributed by atoms with Crippen LogP contribution in [0.4, 0.5) is 0 Å². The number of benzene rings is 1. The van der Waals surface area contributed by atoms with Gasteiger partial charge in [-0.2, -0.15) is 0 Å². The summed E-state index contributed by atoms with van der Waals surface area (Å²) in [5, 5.41) is 13.4. The Balaban J connectivity index is 2.73. The van der Waals surface area contributed by atoms with E-state index in [1.807, 2.05) is 19.9 Å². The molecule has 0 aliphatic heterocycles. The molecule has 1 unspecified atom stereocenters. The third-order valence-corrected chi connectivity index (χ3v) is 3.09. The second-order valence-electron chi connectivity index (χ2n) is 5.76. The zero-order valence-corrected chi connectivity index (χ0v) is 12.8. The van der Waals surface area contributed by atoms with Gasteiger partial charge in [0.05, 0.1) is 0 Å². The summed E-state index contributed by atoms with van der Waals surface area (Å²) in [4.78, 5) is 0. The van der Waals surface area contributed by atoms with Crippen molar-refractivity contribution in [3.63, 3.8) is 0 Å². The summed E-state index contributed by atoms with van der Waals surface area (Å²) >= 11 is 0. The van der Waals surface area contributed by atoms with Crippen molar-refractivity contribution in [2.24, 2.45) is 0 Å².